The molecule has 3 rings (SSSR count). The van der Waals surface area contributed by atoms with E-state index in [2.05, 4.69) is 17.6 Å². The molecule has 0 spiro atoms. The lowest BCUT2D eigenvalue weighted by atomic mass is 9.95. The first-order chi connectivity index (χ1) is 12.5. The van der Waals surface area contributed by atoms with Crippen molar-refractivity contribution in [2.75, 3.05) is 13.7 Å². The predicted molar refractivity (Wildman–Crippen MR) is 101 cm³/mol. The number of aliphatic imine (C=N–C) groups is 1. The Morgan fingerprint density at radius 3 is 2.69 bits per heavy atom. The number of nitrogens with one attached hydrogen (secondary N) is 2. The molecular formula is C19H28N4O3. The van der Waals surface area contributed by atoms with Gasteiger partial charge in [0.15, 0.2) is 5.96 Å². The second kappa shape index (κ2) is 8.49. The zero-order valence-electron chi connectivity index (χ0n) is 15.5. The van der Waals surface area contributed by atoms with Crippen molar-refractivity contribution >= 4 is 11.6 Å². The number of nitrogens with zero attached hydrogens (tertiary/aromatic N) is 2. The quantitative estimate of drug-likeness (QED) is 0.338. The Morgan fingerprint density at radius 2 is 2.12 bits per heavy atom. The van der Waals surface area contributed by atoms with Crippen molar-refractivity contribution in [1.29, 1.82) is 0 Å². The summed E-state index contributed by atoms with van der Waals surface area (Å²) in [4.78, 5) is 15.1. The fourth-order valence-electron chi connectivity index (χ4n) is 4.15. The van der Waals surface area contributed by atoms with Crippen LogP contribution in [0.3, 0.4) is 0 Å². The van der Waals surface area contributed by atoms with Crippen LogP contribution in [0, 0.1) is 22.0 Å². The van der Waals surface area contributed by atoms with E-state index in [9.17, 15) is 10.1 Å². The van der Waals surface area contributed by atoms with E-state index >= 15 is 0 Å². The second-order valence-corrected chi connectivity index (χ2v) is 7.51. The molecule has 0 amide bonds. The lowest BCUT2D eigenvalue weighted by molar-refractivity contribution is -0.384. The molecule has 26 heavy (non-hydrogen) atoms. The number of hydrogen-bond acceptors (Lipinski definition) is 4. The first-order valence-electron chi connectivity index (χ1n) is 9.35. The summed E-state index contributed by atoms with van der Waals surface area (Å²) < 4.78 is 5.21. The number of nitro groups is 1. The number of methoxy groups -OCH3 is 1. The molecule has 2 aliphatic rings. The molecule has 0 saturated heterocycles. The highest BCUT2D eigenvalue weighted by molar-refractivity contribution is 5.80. The fourth-order valence-corrected chi connectivity index (χ4v) is 4.15. The van der Waals surface area contributed by atoms with Crippen molar-refractivity contribution in [3.63, 3.8) is 0 Å². The van der Waals surface area contributed by atoms with Crippen LogP contribution in [-0.4, -0.2) is 36.7 Å². The highest BCUT2D eigenvalue weighted by Crippen LogP contribution is 2.44. The van der Waals surface area contributed by atoms with Gasteiger partial charge in [0.2, 0.25) is 0 Å². The van der Waals surface area contributed by atoms with Crippen molar-refractivity contribution in [1.82, 2.24) is 10.6 Å². The molecule has 1 aromatic rings. The van der Waals surface area contributed by atoms with Crippen LogP contribution in [0.4, 0.5) is 5.69 Å². The van der Waals surface area contributed by atoms with Gasteiger partial charge in [-0.3, -0.25) is 10.1 Å². The number of ether oxygens (including phenoxy) is 1. The van der Waals surface area contributed by atoms with Crippen LogP contribution in [0.2, 0.25) is 0 Å². The number of fused-ring (bicyclic) bond motifs is 2. The van der Waals surface area contributed by atoms with Gasteiger partial charge in [0.25, 0.3) is 5.69 Å². The van der Waals surface area contributed by atoms with E-state index in [1.165, 1.54) is 37.8 Å². The van der Waals surface area contributed by atoms with Gasteiger partial charge in [-0.1, -0.05) is 18.6 Å². The minimum atomic E-state index is -0.386. The van der Waals surface area contributed by atoms with Crippen molar-refractivity contribution in [2.24, 2.45) is 16.8 Å². The van der Waals surface area contributed by atoms with E-state index < -0.39 is 0 Å². The summed E-state index contributed by atoms with van der Waals surface area (Å²) in [6, 6.07) is 7.21. The molecule has 2 N–H and O–H groups in total. The average molecular weight is 360 g/mol. The van der Waals surface area contributed by atoms with E-state index in [4.69, 9.17) is 9.73 Å². The molecule has 7 heteroatoms. The van der Waals surface area contributed by atoms with Gasteiger partial charge in [-0.05, 0) is 43.6 Å². The lowest BCUT2D eigenvalue weighted by Crippen LogP contribution is -2.49. The molecule has 142 valence electrons. The molecule has 0 aliphatic heterocycles. The highest BCUT2D eigenvalue weighted by Gasteiger charge is 2.39. The zero-order chi connectivity index (χ0) is 18.5. The summed E-state index contributed by atoms with van der Waals surface area (Å²) in [7, 11) is 1.69. The van der Waals surface area contributed by atoms with Crippen LogP contribution in [0.15, 0.2) is 29.3 Å². The van der Waals surface area contributed by atoms with Crippen molar-refractivity contribution in [2.45, 2.75) is 51.2 Å². The van der Waals surface area contributed by atoms with E-state index in [0.29, 0.717) is 19.2 Å². The van der Waals surface area contributed by atoms with Gasteiger partial charge in [0.1, 0.15) is 0 Å². The number of guanidine groups is 1. The van der Waals surface area contributed by atoms with Gasteiger partial charge in [-0.15, -0.1) is 0 Å². The molecule has 0 heterocycles. The summed E-state index contributed by atoms with van der Waals surface area (Å²) in [5.41, 5.74) is 1.05. The highest BCUT2D eigenvalue weighted by atomic mass is 16.6. The molecule has 0 aromatic heterocycles. The van der Waals surface area contributed by atoms with Crippen LogP contribution in [0.1, 0.15) is 38.2 Å². The topological polar surface area (TPSA) is 88.8 Å². The van der Waals surface area contributed by atoms with Gasteiger partial charge < -0.3 is 15.4 Å². The van der Waals surface area contributed by atoms with Crippen molar-refractivity contribution < 1.29 is 9.66 Å². The lowest BCUT2D eigenvalue weighted by Gasteiger charge is -2.26. The first kappa shape index (κ1) is 18.6. The normalized spacial score (nSPS) is 25.9. The largest absolute Gasteiger partial charge is 0.383 e. The molecule has 4 unspecified atom stereocenters. The number of rotatable bonds is 7. The maximum atomic E-state index is 10.8. The zero-order valence-corrected chi connectivity index (χ0v) is 15.5. The molecule has 7 nitrogen and oxygen atoms in total. The standard InChI is InChI=1S/C19H28N4O3/c1-13(12-26-2)21-19(22-18-10-15-3-6-16(18)9-15)20-11-14-4-7-17(8-5-14)23(24)25/h4-5,7-8,13,15-16,18H,3,6,9-12H2,1-2H3,(H2,20,21,22). The molecule has 1 aromatic carbocycles. The summed E-state index contributed by atoms with van der Waals surface area (Å²) >= 11 is 0. The Hall–Kier alpha value is -2.15. The minimum Gasteiger partial charge on any atom is -0.383 e. The molecular weight excluding hydrogens is 332 g/mol. The third-order valence-electron chi connectivity index (χ3n) is 5.43. The Labute approximate surface area is 154 Å². The third-order valence-corrected chi connectivity index (χ3v) is 5.43. The predicted octanol–water partition coefficient (Wildman–Crippen LogP) is 2.85. The monoisotopic (exact) mass is 360 g/mol. The maximum absolute atomic E-state index is 10.8. The number of non-ortho nitro benzene ring substituents is 1. The SMILES string of the molecule is COCC(C)NC(=NCc1ccc([N+](=O)[O-])cc1)NC1CC2CCC1C2. The Kier molecular flexibility index (Phi) is 6.08. The fraction of sp³-hybridized carbons (Fsp3) is 0.632. The van der Waals surface area contributed by atoms with Crippen LogP contribution >= 0.6 is 0 Å². The minimum absolute atomic E-state index is 0.102. The third kappa shape index (κ3) is 4.72. The summed E-state index contributed by atoms with van der Waals surface area (Å²) in [6.45, 7) is 3.15. The van der Waals surface area contributed by atoms with E-state index in [1.54, 1.807) is 19.2 Å². The van der Waals surface area contributed by atoms with E-state index in [-0.39, 0.29) is 16.7 Å². The number of benzene rings is 1. The molecule has 2 saturated carbocycles. The van der Waals surface area contributed by atoms with Gasteiger partial charge >= 0.3 is 0 Å². The van der Waals surface area contributed by atoms with Gasteiger partial charge in [0, 0.05) is 31.3 Å². The van der Waals surface area contributed by atoms with Gasteiger partial charge in [0.05, 0.1) is 18.1 Å². The van der Waals surface area contributed by atoms with Gasteiger partial charge in [-0.25, -0.2) is 4.99 Å². The summed E-state index contributed by atoms with van der Waals surface area (Å²) in [5.74, 6) is 2.42. The molecule has 4 atom stereocenters. The van der Waals surface area contributed by atoms with Gasteiger partial charge in [-0.2, -0.15) is 0 Å². The van der Waals surface area contributed by atoms with Crippen LogP contribution < -0.4 is 10.6 Å². The van der Waals surface area contributed by atoms with Crippen molar-refractivity contribution in [3.8, 4) is 0 Å². The number of nitro benzene ring substituents is 1. The molecule has 2 aliphatic carbocycles. The molecule has 2 fully saturated rings. The maximum Gasteiger partial charge on any atom is 0.269 e. The van der Waals surface area contributed by atoms with E-state index in [0.717, 1.165) is 23.4 Å². The first-order valence-corrected chi connectivity index (χ1v) is 9.35. The summed E-state index contributed by atoms with van der Waals surface area (Å²) in [6.07, 6.45) is 5.24. The molecule has 0 radical (unpaired) electrons. The Balaban J connectivity index is 1.65. The molecule has 2 bridgehead atoms. The Morgan fingerprint density at radius 1 is 1.35 bits per heavy atom. The van der Waals surface area contributed by atoms with Crippen LogP contribution in [-0.2, 0) is 11.3 Å². The summed E-state index contributed by atoms with van der Waals surface area (Å²) in [5, 5.41) is 17.8. The number of hydrogen-bond donors (Lipinski definition) is 2. The second-order valence-electron chi connectivity index (χ2n) is 7.51. The average Bonchev–Trinajstić information content (AvgIpc) is 3.23. The van der Waals surface area contributed by atoms with Crippen LogP contribution in [0.5, 0.6) is 0 Å². The Bertz CT molecular complexity index is 647. The van der Waals surface area contributed by atoms with Crippen molar-refractivity contribution in [3.05, 3.63) is 39.9 Å². The van der Waals surface area contributed by atoms with Crippen LogP contribution in [0.25, 0.3) is 0 Å². The van der Waals surface area contributed by atoms with E-state index in [1.807, 2.05) is 0 Å². The smallest absolute Gasteiger partial charge is 0.269 e.